The molecule has 1 atom stereocenters. The number of ketones is 1. The van der Waals surface area contributed by atoms with Crippen molar-refractivity contribution >= 4 is 39.2 Å². The molecule has 0 saturated carbocycles. The van der Waals surface area contributed by atoms with Crippen molar-refractivity contribution in [2.75, 3.05) is 0 Å². The van der Waals surface area contributed by atoms with E-state index in [1.165, 1.54) is 12.1 Å². The van der Waals surface area contributed by atoms with E-state index < -0.39 is 10.3 Å². The van der Waals surface area contributed by atoms with Crippen LogP contribution >= 0.6 is 15.9 Å². The monoisotopic (exact) mass is 540 g/mol. The molecule has 0 radical (unpaired) electrons. The van der Waals surface area contributed by atoms with Crippen molar-refractivity contribution in [3.63, 3.8) is 0 Å². The first kappa shape index (κ1) is 23.9. The summed E-state index contributed by atoms with van der Waals surface area (Å²) >= 11 is 3.51. The standard InChI is InChI=1S/C30H25BrN2O3/c1-30(2)18-27-28(29(34)25(30)16-19-8-14-23(15-9-19)33(35)36)24(20-6-4-3-5-7-20)17-26(32-27)21-10-12-22(31)13-11-21/h3-17,24,32H,18H2,1-2H3/b25-16+. The number of hydrogen-bond acceptors (Lipinski definition) is 4. The summed E-state index contributed by atoms with van der Waals surface area (Å²) < 4.78 is 1.01. The van der Waals surface area contributed by atoms with Gasteiger partial charge in [-0.3, -0.25) is 14.9 Å². The van der Waals surface area contributed by atoms with Crippen molar-refractivity contribution in [1.29, 1.82) is 0 Å². The van der Waals surface area contributed by atoms with E-state index in [1.807, 2.05) is 36.4 Å². The second kappa shape index (κ2) is 9.36. The van der Waals surface area contributed by atoms with Gasteiger partial charge in [0.25, 0.3) is 5.69 Å². The molecular formula is C30H25BrN2O3. The largest absolute Gasteiger partial charge is 0.358 e. The zero-order valence-corrected chi connectivity index (χ0v) is 21.6. The van der Waals surface area contributed by atoms with Crippen molar-refractivity contribution in [1.82, 2.24) is 5.32 Å². The van der Waals surface area contributed by atoms with Crippen LogP contribution in [-0.4, -0.2) is 10.7 Å². The van der Waals surface area contributed by atoms with Crippen molar-refractivity contribution in [2.24, 2.45) is 5.41 Å². The molecule has 1 N–H and O–H groups in total. The molecule has 1 unspecified atom stereocenters. The summed E-state index contributed by atoms with van der Waals surface area (Å²) in [5.41, 5.74) is 5.89. The molecule has 0 saturated heterocycles. The molecule has 180 valence electrons. The molecule has 36 heavy (non-hydrogen) atoms. The maximum absolute atomic E-state index is 14.1. The summed E-state index contributed by atoms with van der Waals surface area (Å²) in [5.74, 6) is -0.183. The Morgan fingerprint density at radius 3 is 2.31 bits per heavy atom. The van der Waals surface area contributed by atoms with Crippen molar-refractivity contribution < 1.29 is 9.72 Å². The van der Waals surface area contributed by atoms with Gasteiger partial charge in [-0.05, 0) is 64.9 Å². The van der Waals surface area contributed by atoms with Gasteiger partial charge in [0.1, 0.15) is 0 Å². The van der Waals surface area contributed by atoms with Gasteiger partial charge in [0.05, 0.1) is 4.92 Å². The van der Waals surface area contributed by atoms with Crippen LogP contribution in [0.25, 0.3) is 11.8 Å². The van der Waals surface area contributed by atoms with Crippen LogP contribution in [0.2, 0.25) is 0 Å². The van der Waals surface area contributed by atoms with Crippen molar-refractivity contribution in [3.05, 3.63) is 133 Å². The summed E-state index contributed by atoms with van der Waals surface area (Å²) in [6.45, 7) is 4.14. The smallest absolute Gasteiger partial charge is 0.269 e. The number of carbonyl (C=O) groups excluding carboxylic acids is 1. The molecule has 3 aromatic rings. The number of halogens is 1. The van der Waals surface area contributed by atoms with E-state index >= 15 is 0 Å². The molecular weight excluding hydrogens is 516 g/mol. The number of rotatable bonds is 4. The lowest BCUT2D eigenvalue weighted by atomic mass is 9.67. The Hall–Kier alpha value is -3.77. The Kier molecular flexibility index (Phi) is 6.22. The molecule has 6 heteroatoms. The molecule has 5 nitrogen and oxygen atoms in total. The SMILES string of the molecule is CC1(C)CC2=C(C(=O)/C1=C\c1ccc([N+](=O)[O-])cc1)C(c1ccccc1)C=C(c1ccc(Br)cc1)N2. The predicted molar refractivity (Wildman–Crippen MR) is 146 cm³/mol. The topological polar surface area (TPSA) is 72.2 Å². The molecule has 0 spiro atoms. The van der Waals surface area contributed by atoms with E-state index in [0.717, 1.165) is 38.1 Å². The minimum Gasteiger partial charge on any atom is -0.358 e. The van der Waals surface area contributed by atoms with Gasteiger partial charge in [-0.1, -0.05) is 72.2 Å². The van der Waals surface area contributed by atoms with E-state index in [-0.39, 0.29) is 17.4 Å². The first-order chi connectivity index (χ1) is 17.2. The number of nitro groups is 1. The number of carbonyl (C=O) groups is 1. The Balaban J connectivity index is 1.60. The zero-order chi connectivity index (χ0) is 25.4. The Bertz CT molecular complexity index is 1430. The highest BCUT2D eigenvalue weighted by atomic mass is 79.9. The van der Waals surface area contributed by atoms with Crippen LogP contribution in [0.5, 0.6) is 0 Å². The molecule has 1 heterocycles. The minimum atomic E-state index is -0.423. The van der Waals surface area contributed by atoms with Crippen LogP contribution in [0.1, 0.15) is 42.9 Å². The van der Waals surface area contributed by atoms with E-state index in [9.17, 15) is 14.9 Å². The van der Waals surface area contributed by atoms with E-state index in [1.54, 1.807) is 12.1 Å². The number of nitrogens with zero attached hydrogens (tertiary/aromatic N) is 1. The third-order valence-corrected chi connectivity index (χ3v) is 7.35. The maximum Gasteiger partial charge on any atom is 0.269 e. The third kappa shape index (κ3) is 4.56. The van der Waals surface area contributed by atoms with Crippen LogP contribution in [0, 0.1) is 15.5 Å². The van der Waals surface area contributed by atoms with Gasteiger partial charge >= 0.3 is 0 Å². The average molecular weight is 541 g/mol. The fourth-order valence-corrected chi connectivity index (χ4v) is 5.22. The summed E-state index contributed by atoms with van der Waals surface area (Å²) in [4.78, 5) is 24.7. The molecule has 0 bridgehead atoms. The van der Waals surface area contributed by atoms with Crippen LogP contribution < -0.4 is 5.32 Å². The lowest BCUT2D eigenvalue weighted by molar-refractivity contribution is -0.384. The van der Waals surface area contributed by atoms with Crippen LogP contribution in [0.3, 0.4) is 0 Å². The normalized spacial score (nSPS) is 20.0. The number of nitrogens with one attached hydrogen (secondary N) is 1. The average Bonchev–Trinajstić information content (AvgIpc) is 2.87. The van der Waals surface area contributed by atoms with Gasteiger partial charge in [-0.15, -0.1) is 0 Å². The first-order valence-corrected chi connectivity index (χ1v) is 12.6. The highest BCUT2D eigenvalue weighted by Gasteiger charge is 2.42. The lowest BCUT2D eigenvalue weighted by Crippen LogP contribution is -2.37. The van der Waals surface area contributed by atoms with Crippen molar-refractivity contribution in [3.8, 4) is 0 Å². The first-order valence-electron chi connectivity index (χ1n) is 11.8. The van der Waals surface area contributed by atoms with Crippen LogP contribution in [-0.2, 0) is 4.79 Å². The molecule has 0 fully saturated rings. The van der Waals surface area contributed by atoms with Gasteiger partial charge in [0.2, 0.25) is 0 Å². The van der Waals surface area contributed by atoms with Gasteiger partial charge in [0, 0.05) is 45.1 Å². The number of benzene rings is 3. The van der Waals surface area contributed by atoms with Crippen LogP contribution in [0.4, 0.5) is 5.69 Å². The van der Waals surface area contributed by atoms with Gasteiger partial charge in [-0.2, -0.15) is 0 Å². The zero-order valence-electron chi connectivity index (χ0n) is 20.0. The Morgan fingerprint density at radius 1 is 1.00 bits per heavy atom. The number of non-ortho nitro benzene ring substituents is 1. The quantitative estimate of drug-likeness (QED) is 0.212. The molecule has 0 aromatic heterocycles. The van der Waals surface area contributed by atoms with Crippen LogP contribution in [0.15, 0.2) is 106 Å². The molecule has 0 amide bonds. The maximum atomic E-state index is 14.1. The fourth-order valence-electron chi connectivity index (χ4n) is 4.96. The summed E-state index contributed by atoms with van der Waals surface area (Å²) in [7, 11) is 0. The molecule has 1 aliphatic heterocycles. The Labute approximate surface area is 218 Å². The molecule has 5 rings (SSSR count). The van der Waals surface area contributed by atoms with E-state index in [0.29, 0.717) is 12.0 Å². The molecule has 2 aliphatic rings. The third-order valence-electron chi connectivity index (χ3n) is 6.82. The summed E-state index contributed by atoms with van der Waals surface area (Å²) in [5, 5.41) is 14.6. The second-order valence-electron chi connectivity index (χ2n) is 9.79. The Morgan fingerprint density at radius 2 is 1.67 bits per heavy atom. The predicted octanol–water partition coefficient (Wildman–Crippen LogP) is 7.42. The van der Waals surface area contributed by atoms with Gasteiger partial charge in [-0.25, -0.2) is 0 Å². The lowest BCUT2D eigenvalue weighted by Gasteiger charge is -2.40. The van der Waals surface area contributed by atoms with Crippen molar-refractivity contribution in [2.45, 2.75) is 26.2 Å². The van der Waals surface area contributed by atoms with E-state index in [4.69, 9.17) is 0 Å². The molecule has 1 aliphatic carbocycles. The van der Waals surface area contributed by atoms with Gasteiger partial charge in [0.15, 0.2) is 5.78 Å². The summed E-state index contributed by atoms with van der Waals surface area (Å²) in [6, 6.07) is 24.6. The molecule has 3 aromatic carbocycles. The fraction of sp³-hybridized carbons (Fsp3) is 0.167. The minimum absolute atomic E-state index is 0.00654. The second-order valence-corrected chi connectivity index (χ2v) is 10.7. The van der Waals surface area contributed by atoms with E-state index in [2.05, 4.69) is 65.4 Å². The highest BCUT2D eigenvalue weighted by molar-refractivity contribution is 9.10. The highest BCUT2D eigenvalue weighted by Crippen LogP contribution is 2.48. The number of nitro benzene ring substituents is 1. The number of Topliss-reactive ketones (excluding diaryl/α,β-unsaturated/α-hetero) is 1. The summed E-state index contributed by atoms with van der Waals surface area (Å²) in [6.07, 6.45) is 4.69. The number of allylic oxidation sites excluding steroid dienone is 4. The number of dihydropyridines is 1. The van der Waals surface area contributed by atoms with Gasteiger partial charge < -0.3 is 5.32 Å². The number of hydrogen-bond donors (Lipinski definition) is 1.